The van der Waals surface area contributed by atoms with E-state index in [1.807, 2.05) is 12.2 Å². The molecular formula is C12H10INO2. The van der Waals surface area contributed by atoms with Crippen LogP contribution in [0.1, 0.15) is 20.7 Å². The molecule has 0 saturated carbocycles. The van der Waals surface area contributed by atoms with E-state index < -0.39 is 0 Å². The van der Waals surface area contributed by atoms with Crippen LogP contribution in [0.4, 0.5) is 0 Å². The molecule has 1 aliphatic heterocycles. The fourth-order valence-electron chi connectivity index (χ4n) is 1.65. The zero-order valence-electron chi connectivity index (χ0n) is 8.52. The molecule has 1 aromatic rings. The number of rotatable bonds is 3. The number of imide groups is 1. The van der Waals surface area contributed by atoms with Gasteiger partial charge in [-0.05, 0) is 12.1 Å². The van der Waals surface area contributed by atoms with Gasteiger partial charge in [-0.3, -0.25) is 14.5 Å². The number of amides is 2. The number of nitrogens with zero attached hydrogens (tertiary/aromatic N) is 1. The molecule has 0 bridgehead atoms. The first kappa shape index (κ1) is 11.3. The molecule has 1 aromatic carbocycles. The summed E-state index contributed by atoms with van der Waals surface area (Å²) < 4.78 is 0.876. The minimum absolute atomic E-state index is 0.196. The molecule has 1 heterocycles. The van der Waals surface area contributed by atoms with Crippen LogP contribution < -0.4 is 0 Å². The topological polar surface area (TPSA) is 37.4 Å². The van der Waals surface area contributed by atoms with Gasteiger partial charge < -0.3 is 0 Å². The third-order valence-electron chi connectivity index (χ3n) is 2.42. The molecule has 0 aromatic heterocycles. The van der Waals surface area contributed by atoms with Crippen LogP contribution in [0.25, 0.3) is 0 Å². The lowest BCUT2D eigenvalue weighted by Crippen LogP contribution is -2.29. The molecule has 0 radical (unpaired) electrons. The minimum Gasteiger partial charge on any atom is -0.270 e. The van der Waals surface area contributed by atoms with Gasteiger partial charge in [-0.15, -0.1) is 0 Å². The fraction of sp³-hybridized carbons (Fsp3) is 0.167. The first-order chi connectivity index (χ1) is 7.75. The molecular weight excluding hydrogens is 317 g/mol. The van der Waals surface area contributed by atoms with Crippen molar-refractivity contribution in [3.8, 4) is 0 Å². The first-order valence-electron chi connectivity index (χ1n) is 4.92. The fourth-order valence-corrected chi connectivity index (χ4v) is 2.01. The summed E-state index contributed by atoms with van der Waals surface area (Å²) in [6.07, 6.45) is 3.78. The second-order valence-electron chi connectivity index (χ2n) is 3.39. The van der Waals surface area contributed by atoms with Crippen molar-refractivity contribution in [3.63, 3.8) is 0 Å². The predicted molar refractivity (Wildman–Crippen MR) is 69.8 cm³/mol. The predicted octanol–water partition coefficient (Wildman–Crippen LogP) is 2.27. The Morgan fingerprint density at radius 3 is 2.12 bits per heavy atom. The summed E-state index contributed by atoms with van der Waals surface area (Å²) in [7, 11) is 0. The number of alkyl halides is 1. The standard InChI is InChI=1S/C12H10INO2/c13-7-3-4-8-14-11(15)9-5-1-2-6-10(9)12(14)16/h1-6H,7-8H2. The molecule has 16 heavy (non-hydrogen) atoms. The van der Waals surface area contributed by atoms with Crippen molar-refractivity contribution in [2.45, 2.75) is 0 Å². The van der Waals surface area contributed by atoms with Crippen LogP contribution in [0.5, 0.6) is 0 Å². The van der Waals surface area contributed by atoms with Crippen LogP contribution in [-0.2, 0) is 0 Å². The Morgan fingerprint density at radius 2 is 1.62 bits per heavy atom. The molecule has 82 valence electrons. The van der Waals surface area contributed by atoms with E-state index in [1.54, 1.807) is 24.3 Å². The van der Waals surface area contributed by atoms with Gasteiger partial charge in [0.25, 0.3) is 11.8 Å². The lowest BCUT2D eigenvalue weighted by atomic mass is 10.1. The molecule has 0 fully saturated rings. The molecule has 0 saturated heterocycles. The number of carbonyl (C=O) groups is 2. The highest BCUT2D eigenvalue weighted by Gasteiger charge is 2.33. The van der Waals surface area contributed by atoms with E-state index >= 15 is 0 Å². The maximum absolute atomic E-state index is 11.9. The minimum atomic E-state index is -0.196. The van der Waals surface area contributed by atoms with E-state index in [9.17, 15) is 9.59 Å². The number of benzene rings is 1. The molecule has 4 heteroatoms. The van der Waals surface area contributed by atoms with Crippen molar-refractivity contribution >= 4 is 34.4 Å². The Balaban J connectivity index is 2.25. The van der Waals surface area contributed by atoms with Gasteiger partial charge in [0.2, 0.25) is 0 Å². The third-order valence-corrected chi connectivity index (χ3v) is 2.93. The van der Waals surface area contributed by atoms with Crippen LogP contribution in [0.3, 0.4) is 0 Å². The van der Waals surface area contributed by atoms with Crippen molar-refractivity contribution in [3.05, 3.63) is 47.5 Å². The SMILES string of the molecule is O=C1c2ccccc2C(=O)N1CC=CCI. The molecule has 0 N–H and O–H groups in total. The Kier molecular flexibility index (Phi) is 3.38. The highest BCUT2D eigenvalue weighted by Crippen LogP contribution is 2.21. The van der Waals surface area contributed by atoms with Gasteiger partial charge in [0.1, 0.15) is 0 Å². The Bertz CT molecular complexity index is 433. The van der Waals surface area contributed by atoms with Crippen molar-refractivity contribution in [2.24, 2.45) is 0 Å². The highest BCUT2D eigenvalue weighted by atomic mass is 127. The van der Waals surface area contributed by atoms with E-state index in [0.29, 0.717) is 17.7 Å². The summed E-state index contributed by atoms with van der Waals surface area (Å²) in [5, 5.41) is 0. The summed E-state index contributed by atoms with van der Waals surface area (Å²) in [5.41, 5.74) is 1.02. The average Bonchev–Trinajstić information content (AvgIpc) is 2.55. The highest BCUT2D eigenvalue weighted by molar-refractivity contribution is 14.1. The van der Waals surface area contributed by atoms with E-state index in [0.717, 1.165) is 4.43 Å². The van der Waals surface area contributed by atoms with Crippen LogP contribution >= 0.6 is 22.6 Å². The van der Waals surface area contributed by atoms with E-state index in [2.05, 4.69) is 22.6 Å². The van der Waals surface area contributed by atoms with Gasteiger partial charge in [0.15, 0.2) is 0 Å². The summed E-state index contributed by atoms with van der Waals surface area (Å²) in [6, 6.07) is 6.93. The largest absolute Gasteiger partial charge is 0.270 e. The normalized spacial score (nSPS) is 14.9. The van der Waals surface area contributed by atoms with Crippen LogP contribution in [0.15, 0.2) is 36.4 Å². The number of fused-ring (bicyclic) bond motifs is 1. The molecule has 2 amide bonds. The second-order valence-corrected chi connectivity index (χ2v) is 4.27. The number of hydrogen-bond donors (Lipinski definition) is 0. The van der Waals surface area contributed by atoms with Crippen molar-refractivity contribution < 1.29 is 9.59 Å². The van der Waals surface area contributed by atoms with Crippen LogP contribution in [0.2, 0.25) is 0 Å². The zero-order chi connectivity index (χ0) is 11.5. The molecule has 0 atom stereocenters. The lowest BCUT2D eigenvalue weighted by molar-refractivity contribution is 0.0672. The van der Waals surface area contributed by atoms with E-state index in [1.165, 1.54) is 4.90 Å². The number of allylic oxidation sites excluding steroid dienone is 1. The van der Waals surface area contributed by atoms with Crippen LogP contribution in [-0.4, -0.2) is 27.7 Å². The molecule has 1 aliphatic rings. The third kappa shape index (κ3) is 1.89. The maximum atomic E-state index is 11.9. The van der Waals surface area contributed by atoms with Gasteiger partial charge >= 0.3 is 0 Å². The average molecular weight is 327 g/mol. The molecule has 0 spiro atoms. The summed E-state index contributed by atoms with van der Waals surface area (Å²) in [4.78, 5) is 25.0. The van der Waals surface area contributed by atoms with Gasteiger partial charge in [-0.25, -0.2) is 0 Å². The maximum Gasteiger partial charge on any atom is 0.261 e. The van der Waals surface area contributed by atoms with Crippen molar-refractivity contribution in [1.82, 2.24) is 4.90 Å². The van der Waals surface area contributed by atoms with Crippen LogP contribution in [0, 0.1) is 0 Å². The molecule has 0 unspecified atom stereocenters. The molecule has 0 aliphatic carbocycles. The number of hydrogen-bond acceptors (Lipinski definition) is 2. The Labute approximate surface area is 107 Å². The van der Waals surface area contributed by atoms with Gasteiger partial charge in [-0.2, -0.15) is 0 Å². The summed E-state index contributed by atoms with van der Waals surface area (Å²) >= 11 is 2.21. The molecule has 3 nitrogen and oxygen atoms in total. The number of halogens is 1. The Hall–Kier alpha value is -1.17. The quantitative estimate of drug-likeness (QED) is 0.370. The summed E-state index contributed by atoms with van der Waals surface area (Å²) in [6.45, 7) is 0.356. The van der Waals surface area contributed by atoms with Crippen molar-refractivity contribution in [1.29, 1.82) is 0 Å². The van der Waals surface area contributed by atoms with E-state index in [-0.39, 0.29) is 11.8 Å². The zero-order valence-corrected chi connectivity index (χ0v) is 10.7. The molecule has 2 rings (SSSR count). The van der Waals surface area contributed by atoms with Gasteiger partial charge in [-0.1, -0.05) is 46.9 Å². The van der Waals surface area contributed by atoms with E-state index in [4.69, 9.17) is 0 Å². The number of carbonyl (C=O) groups excluding carboxylic acids is 2. The first-order valence-corrected chi connectivity index (χ1v) is 6.44. The van der Waals surface area contributed by atoms with Crippen molar-refractivity contribution in [2.75, 3.05) is 11.0 Å². The second kappa shape index (κ2) is 4.78. The Morgan fingerprint density at radius 1 is 1.06 bits per heavy atom. The summed E-state index contributed by atoms with van der Waals surface area (Å²) in [5.74, 6) is -0.391. The lowest BCUT2D eigenvalue weighted by Gasteiger charge is -2.09. The van der Waals surface area contributed by atoms with Gasteiger partial charge in [0, 0.05) is 11.0 Å². The van der Waals surface area contributed by atoms with Gasteiger partial charge in [0.05, 0.1) is 11.1 Å². The monoisotopic (exact) mass is 327 g/mol. The smallest absolute Gasteiger partial charge is 0.261 e.